The fraction of sp³-hybridized carbons (Fsp3) is 0.458. The van der Waals surface area contributed by atoms with E-state index < -0.39 is 21.5 Å². The minimum Gasteiger partial charge on any atom is -0.383 e. The Morgan fingerprint density at radius 2 is 1.77 bits per heavy atom. The molecule has 1 heterocycles. The van der Waals surface area contributed by atoms with Gasteiger partial charge in [0.15, 0.2) is 0 Å². The van der Waals surface area contributed by atoms with Crippen molar-refractivity contribution in [2.75, 3.05) is 25.4 Å². The largest absolute Gasteiger partial charge is 0.383 e. The maximum Gasteiger partial charge on any atom is 0.224 e. The Hall–Kier alpha value is -2.22. The van der Waals surface area contributed by atoms with Crippen LogP contribution in [0.1, 0.15) is 37.3 Å². The molecule has 2 aromatic carbocycles. The summed E-state index contributed by atoms with van der Waals surface area (Å²) in [5.74, 6) is -0.512. The minimum atomic E-state index is -3.32. The number of piperidine rings is 1. The van der Waals surface area contributed by atoms with Gasteiger partial charge >= 0.3 is 0 Å². The number of nitrogens with zero attached hydrogens (tertiary/aromatic N) is 1. The summed E-state index contributed by atoms with van der Waals surface area (Å²) < 4.78 is 26.3. The van der Waals surface area contributed by atoms with E-state index >= 15 is 0 Å². The first-order valence-corrected chi connectivity index (χ1v) is 12.5. The predicted molar refractivity (Wildman–Crippen MR) is 122 cm³/mol. The van der Waals surface area contributed by atoms with Gasteiger partial charge in [-0.1, -0.05) is 67.6 Å². The van der Waals surface area contributed by atoms with Crippen LogP contribution >= 0.6 is 0 Å². The predicted octanol–water partition coefficient (Wildman–Crippen LogP) is 2.68. The molecule has 1 fully saturated rings. The van der Waals surface area contributed by atoms with E-state index in [-0.39, 0.29) is 24.7 Å². The monoisotopic (exact) mass is 444 g/mol. The molecule has 0 aromatic heterocycles. The van der Waals surface area contributed by atoms with Crippen LogP contribution in [0.2, 0.25) is 0 Å². The third kappa shape index (κ3) is 6.15. The van der Waals surface area contributed by atoms with E-state index in [1.54, 1.807) is 0 Å². The van der Waals surface area contributed by atoms with Gasteiger partial charge in [-0.2, -0.15) is 0 Å². The Morgan fingerprint density at radius 3 is 2.42 bits per heavy atom. The number of rotatable bonds is 9. The maximum absolute atomic E-state index is 12.9. The van der Waals surface area contributed by atoms with Crippen molar-refractivity contribution in [1.82, 2.24) is 9.62 Å². The Morgan fingerprint density at radius 1 is 1.13 bits per heavy atom. The first-order valence-electron chi connectivity index (χ1n) is 10.9. The van der Waals surface area contributed by atoms with Crippen LogP contribution in [0.5, 0.6) is 0 Å². The maximum atomic E-state index is 12.9. The SMILES string of the molecule is CCCS(=O)(=O)N1CCCC(C(=O)NCC(O)(Cc2ccccc2)c2ccccc2)C1. The number of nitrogens with one attached hydrogen (secondary N) is 1. The molecule has 31 heavy (non-hydrogen) atoms. The zero-order valence-corrected chi connectivity index (χ0v) is 18.9. The van der Waals surface area contributed by atoms with Crippen LogP contribution in [-0.2, 0) is 26.8 Å². The van der Waals surface area contributed by atoms with E-state index in [1.807, 2.05) is 67.6 Å². The molecular weight excluding hydrogens is 412 g/mol. The van der Waals surface area contributed by atoms with Gasteiger partial charge in [0, 0.05) is 19.5 Å². The molecule has 0 aliphatic carbocycles. The fourth-order valence-electron chi connectivity index (χ4n) is 4.12. The van der Waals surface area contributed by atoms with Gasteiger partial charge in [-0.25, -0.2) is 12.7 Å². The molecule has 0 spiro atoms. The second-order valence-electron chi connectivity index (χ2n) is 8.29. The van der Waals surface area contributed by atoms with Crippen molar-refractivity contribution in [3.8, 4) is 0 Å². The van der Waals surface area contributed by atoms with Gasteiger partial charge in [-0.15, -0.1) is 0 Å². The molecule has 0 bridgehead atoms. The van der Waals surface area contributed by atoms with Gasteiger partial charge in [0.05, 0.1) is 18.2 Å². The van der Waals surface area contributed by atoms with Crippen molar-refractivity contribution in [1.29, 1.82) is 0 Å². The lowest BCUT2D eigenvalue weighted by Gasteiger charge is -2.33. The topological polar surface area (TPSA) is 86.7 Å². The number of benzene rings is 2. The van der Waals surface area contributed by atoms with Crippen molar-refractivity contribution < 1.29 is 18.3 Å². The highest BCUT2D eigenvalue weighted by molar-refractivity contribution is 7.89. The second kappa shape index (κ2) is 10.4. The average molecular weight is 445 g/mol. The number of hydrogen-bond donors (Lipinski definition) is 2. The summed E-state index contributed by atoms with van der Waals surface area (Å²) in [6, 6.07) is 19.0. The average Bonchev–Trinajstić information content (AvgIpc) is 2.79. The fourth-order valence-corrected chi connectivity index (χ4v) is 5.71. The molecule has 3 rings (SSSR count). The molecule has 2 unspecified atom stereocenters. The summed E-state index contributed by atoms with van der Waals surface area (Å²) in [5.41, 5.74) is 0.438. The van der Waals surface area contributed by atoms with Gasteiger partial charge in [0.25, 0.3) is 0 Å². The second-order valence-corrected chi connectivity index (χ2v) is 10.4. The molecule has 1 aliphatic heterocycles. The highest BCUT2D eigenvalue weighted by atomic mass is 32.2. The van der Waals surface area contributed by atoms with E-state index in [2.05, 4.69) is 5.32 Å². The molecule has 6 nitrogen and oxygen atoms in total. The van der Waals surface area contributed by atoms with Crippen molar-refractivity contribution in [3.63, 3.8) is 0 Å². The normalized spacial score (nSPS) is 19.5. The van der Waals surface area contributed by atoms with Crippen LogP contribution in [-0.4, -0.2) is 49.1 Å². The Balaban J connectivity index is 1.70. The molecule has 0 radical (unpaired) electrons. The lowest BCUT2D eigenvalue weighted by molar-refractivity contribution is -0.127. The number of aliphatic hydroxyl groups is 1. The van der Waals surface area contributed by atoms with Crippen LogP contribution < -0.4 is 5.32 Å². The first-order chi connectivity index (χ1) is 14.8. The Labute approximate surface area is 185 Å². The highest BCUT2D eigenvalue weighted by Crippen LogP contribution is 2.26. The number of carbonyl (C=O) groups is 1. The zero-order valence-electron chi connectivity index (χ0n) is 18.0. The number of amides is 1. The molecule has 7 heteroatoms. The van der Waals surface area contributed by atoms with Crippen molar-refractivity contribution >= 4 is 15.9 Å². The molecule has 2 N–H and O–H groups in total. The van der Waals surface area contributed by atoms with E-state index in [0.717, 1.165) is 11.1 Å². The number of carbonyl (C=O) groups excluding carboxylic acids is 1. The molecule has 2 aromatic rings. The van der Waals surface area contributed by atoms with Crippen molar-refractivity contribution in [2.45, 2.75) is 38.2 Å². The van der Waals surface area contributed by atoms with E-state index in [9.17, 15) is 18.3 Å². The zero-order chi connectivity index (χ0) is 22.3. The van der Waals surface area contributed by atoms with Crippen LogP contribution in [0.25, 0.3) is 0 Å². The van der Waals surface area contributed by atoms with Crippen LogP contribution in [0.15, 0.2) is 60.7 Å². The summed E-state index contributed by atoms with van der Waals surface area (Å²) >= 11 is 0. The molecular formula is C24H32N2O4S. The molecule has 168 valence electrons. The van der Waals surface area contributed by atoms with E-state index in [4.69, 9.17) is 0 Å². The first kappa shape index (κ1) is 23.4. The highest BCUT2D eigenvalue weighted by Gasteiger charge is 2.34. The lowest BCUT2D eigenvalue weighted by atomic mass is 9.86. The smallest absolute Gasteiger partial charge is 0.224 e. The summed E-state index contributed by atoms with van der Waals surface area (Å²) in [6.45, 7) is 2.57. The summed E-state index contributed by atoms with van der Waals surface area (Å²) in [7, 11) is -3.32. The number of hydrogen-bond acceptors (Lipinski definition) is 4. The van der Waals surface area contributed by atoms with Gasteiger partial charge in [-0.05, 0) is 30.4 Å². The summed E-state index contributed by atoms with van der Waals surface area (Å²) in [6.07, 6.45) is 2.22. The third-order valence-corrected chi connectivity index (χ3v) is 7.86. The standard InChI is InChI=1S/C24H32N2O4S/c1-2-16-31(29,30)26-15-9-12-21(18-26)23(27)25-19-24(28,22-13-7-4-8-14-22)17-20-10-5-3-6-11-20/h3-8,10-11,13-14,21,28H,2,9,12,15-19H2,1H3,(H,25,27). The quantitative estimate of drug-likeness (QED) is 0.623. The van der Waals surface area contributed by atoms with Crippen molar-refractivity contribution in [3.05, 3.63) is 71.8 Å². The van der Waals surface area contributed by atoms with Gasteiger partial charge < -0.3 is 10.4 Å². The third-order valence-electron chi connectivity index (χ3n) is 5.82. The van der Waals surface area contributed by atoms with Gasteiger partial charge in [-0.3, -0.25) is 4.79 Å². The van der Waals surface area contributed by atoms with Crippen LogP contribution in [0.3, 0.4) is 0 Å². The molecule has 1 amide bonds. The molecule has 1 aliphatic rings. The summed E-state index contributed by atoms with van der Waals surface area (Å²) in [4.78, 5) is 12.9. The molecule has 0 saturated carbocycles. The summed E-state index contributed by atoms with van der Waals surface area (Å²) in [5, 5.41) is 14.4. The van der Waals surface area contributed by atoms with Gasteiger partial charge in [0.1, 0.15) is 5.60 Å². The van der Waals surface area contributed by atoms with Crippen LogP contribution in [0, 0.1) is 5.92 Å². The molecule has 2 atom stereocenters. The van der Waals surface area contributed by atoms with Crippen molar-refractivity contribution in [2.24, 2.45) is 5.92 Å². The number of sulfonamides is 1. The van der Waals surface area contributed by atoms with Crippen LogP contribution in [0.4, 0.5) is 0 Å². The van der Waals surface area contributed by atoms with Gasteiger partial charge in [0.2, 0.25) is 15.9 Å². The minimum absolute atomic E-state index is 0.0585. The van der Waals surface area contributed by atoms with E-state index in [0.29, 0.717) is 32.2 Å². The Bertz CT molecular complexity index is 950. The molecule has 1 saturated heterocycles. The van der Waals surface area contributed by atoms with E-state index in [1.165, 1.54) is 4.31 Å². The lowest BCUT2D eigenvalue weighted by Crippen LogP contribution is -2.49. The Kier molecular flexibility index (Phi) is 7.86.